The van der Waals surface area contributed by atoms with Gasteiger partial charge in [-0.25, -0.2) is 0 Å². The molecule has 10 unspecified atom stereocenters. The van der Waals surface area contributed by atoms with Crippen molar-refractivity contribution >= 4 is 5.91 Å². The van der Waals surface area contributed by atoms with E-state index < -0.39 is 80.3 Å². The molecule has 2 saturated heterocycles. The lowest BCUT2D eigenvalue weighted by Crippen LogP contribution is -2.67. The molecule has 0 bridgehead atoms. The summed E-state index contributed by atoms with van der Waals surface area (Å²) in [6.45, 7) is 1.93. The van der Waals surface area contributed by atoms with Crippen LogP contribution in [0.1, 0.15) is 20.3 Å². The minimum absolute atomic E-state index is 0.393. The fourth-order valence-electron chi connectivity index (χ4n) is 3.44. The maximum Gasteiger partial charge on any atom is 0.217 e. The van der Waals surface area contributed by atoms with Crippen LogP contribution in [-0.2, 0) is 19.0 Å². The van der Waals surface area contributed by atoms with Gasteiger partial charge in [-0.1, -0.05) is 6.92 Å². The van der Waals surface area contributed by atoms with Crippen molar-refractivity contribution in [1.29, 1.82) is 0 Å². The van der Waals surface area contributed by atoms with Crippen molar-refractivity contribution in [3.8, 4) is 0 Å². The van der Waals surface area contributed by atoms with Gasteiger partial charge in [0.25, 0.3) is 0 Å². The van der Waals surface area contributed by atoms with Crippen LogP contribution in [0.4, 0.5) is 0 Å². The first-order valence-corrected chi connectivity index (χ1v) is 8.92. The number of aliphatic hydroxyl groups excluding tert-OH is 6. The summed E-state index contributed by atoms with van der Waals surface area (Å²) >= 11 is 0. The second kappa shape index (κ2) is 9.54. The van der Waals surface area contributed by atoms with E-state index in [4.69, 9.17) is 14.2 Å². The van der Waals surface area contributed by atoms with E-state index >= 15 is 0 Å². The largest absolute Gasteiger partial charge is 0.394 e. The zero-order valence-electron chi connectivity index (χ0n) is 15.2. The van der Waals surface area contributed by atoms with Crippen LogP contribution in [-0.4, -0.2) is 111 Å². The topological polar surface area (TPSA) is 178 Å². The lowest BCUT2D eigenvalue weighted by atomic mass is 9.91. The number of hydrogen-bond acceptors (Lipinski definition) is 10. The van der Waals surface area contributed by atoms with Crippen molar-refractivity contribution in [2.24, 2.45) is 0 Å². The molecule has 2 aliphatic heterocycles. The van der Waals surface area contributed by atoms with Gasteiger partial charge >= 0.3 is 0 Å². The summed E-state index contributed by atoms with van der Waals surface area (Å²) in [4.78, 5) is 11.5. The van der Waals surface area contributed by atoms with E-state index in [1.54, 1.807) is 6.92 Å². The molecule has 0 radical (unpaired) electrons. The first kappa shape index (κ1) is 22.4. The third-order valence-electron chi connectivity index (χ3n) is 4.91. The molecule has 2 fully saturated rings. The summed E-state index contributed by atoms with van der Waals surface area (Å²) in [6, 6.07) is -0.829. The Hall–Kier alpha value is -0.890. The molecule has 27 heavy (non-hydrogen) atoms. The number of ether oxygens (including phenoxy) is 3. The fraction of sp³-hybridized carbons (Fsp3) is 0.938. The molecule has 0 aromatic heterocycles. The molecule has 0 aromatic rings. The third kappa shape index (κ3) is 4.75. The monoisotopic (exact) mass is 395 g/mol. The molecule has 0 saturated carbocycles. The smallest absolute Gasteiger partial charge is 0.217 e. The Morgan fingerprint density at radius 1 is 0.926 bits per heavy atom. The van der Waals surface area contributed by atoms with Crippen molar-refractivity contribution in [2.45, 2.75) is 81.4 Å². The van der Waals surface area contributed by atoms with E-state index in [0.717, 1.165) is 0 Å². The summed E-state index contributed by atoms with van der Waals surface area (Å²) in [5.41, 5.74) is 0. The highest BCUT2D eigenvalue weighted by Crippen LogP contribution is 2.29. The van der Waals surface area contributed by atoms with Crippen molar-refractivity contribution in [3.63, 3.8) is 0 Å². The van der Waals surface area contributed by atoms with Crippen LogP contribution < -0.4 is 5.32 Å². The standard InChI is InChI=1S/C16H29NO10/c1-3-7-10(17-6(2)20)12(22)15(9(5-19)25-7)27-16-14(24)13(23)11(21)8(4-18)26-16/h7-16,18-19,21-24H,3-5H2,1-2H3,(H,17,20). The molecular formula is C16H29NO10. The highest BCUT2D eigenvalue weighted by atomic mass is 16.7. The summed E-state index contributed by atoms with van der Waals surface area (Å²) in [5, 5.41) is 62.0. The van der Waals surface area contributed by atoms with Gasteiger partial charge in [-0.3, -0.25) is 4.79 Å². The Morgan fingerprint density at radius 3 is 2.07 bits per heavy atom. The van der Waals surface area contributed by atoms with Crippen LogP contribution in [0, 0.1) is 0 Å². The zero-order valence-corrected chi connectivity index (χ0v) is 15.2. The lowest BCUT2D eigenvalue weighted by molar-refractivity contribution is -0.336. The van der Waals surface area contributed by atoms with Gasteiger partial charge in [-0.2, -0.15) is 0 Å². The van der Waals surface area contributed by atoms with E-state index in [1.807, 2.05) is 0 Å². The number of amides is 1. The molecule has 158 valence electrons. The van der Waals surface area contributed by atoms with Gasteiger partial charge < -0.3 is 50.2 Å². The van der Waals surface area contributed by atoms with E-state index in [9.17, 15) is 35.4 Å². The quantitative estimate of drug-likeness (QED) is 0.236. The number of carbonyl (C=O) groups is 1. The van der Waals surface area contributed by atoms with Gasteiger partial charge in [0.1, 0.15) is 42.7 Å². The van der Waals surface area contributed by atoms with Gasteiger partial charge in [-0.05, 0) is 6.42 Å². The van der Waals surface area contributed by atoms with Crippen LogP contribution in [0.5, 0.6) is 0 Å². The van der Waals surface area contributed by atoms with E-state index in [-0.39, 0.29) is 0 Å². The highest BCUT2D eigenvalue weighted by molar-refractivity contribution is 5.73. The molecule has 10 atom stereocenters. The van der Waals surface area contributed by atoms with Crippen molar-refractivity contribution in [1.82, 2.24) is 5.32 Å². The van der Waals surface area contributed by atoms with Gasteiger partial charge in [-0.15, -0.1) is 0 Å². The predicted molar refractivity (Wildman–Crippen MR) is 88.3 cm³/mol. The molecule has 7 N–H and O–H groups in total. The Labute approximate surface area is 156 Å². The van der Waals surface area contributed by atoms with Crippen molar-refractivity contribution in [2.75, 3.05) is 13.2 Å². The lowest BCUT2D eigenvalue weighted by Gasteiger charge is -2.47. The molecule has 0 spiro atoms. The van der Waals surface area contributed by atoms with Gasteiger partial charge in [0.2, 0.25) is 5.91 Å². The molecular weight excluding hydrogens is 366 g/mol. The normalized spacial score (nSPS) is 45.5. The molecule has 0 aliphatic carbocycles. The Balaban J connectivity index is 2.19. The number of hydrogen-bond donors (Lipinski definition) is 7. The molecule has 2 aliphatic rings. The molecule has 0 aromatic carbocycles. The van der Waals surface area contributed by atoms with E-state index in [1.165, 1.54) is 6.92 Å². The molecule has 2 heterocycles. The average Bonchev–Trinajstić information content (AvgIpc) is 2.64. The van der Waals surface area contributed by atoms with Gasteiger partial charge in [0.05, 0.1) is 25.4 Å². The SMILES string of the molecule is CCC1OC(CO)C(OC2OC(CO)C(O)C(O)C2O)C(O)C1NC(C)=O. The van der Waals surface area contributed by atoms with Crippen LogP contribution in [0.2, 0.25) is 0 Å². The van der Waals surface area contributed by atoms with Crippen LogP contribution in [0.25, 0.3) is 0 Å². The Morgan fingerprint density at radius 2 is 1.56 bits per heavy atom. The van der Waals surface area contributed by atoms with Gasteiger partial charge in [0, 0.05) is 6.92 Å². The maximum atomic E-state index is 11.5. The van der Waals surface area contributed by atoms with Gasteiger partial charge in [0.15, 0.2) is 6.29 Å². The first-order valence-electron chi connectivity index (χ1n) is 8.92. The number of carbonyl (C=O) groups excluding carboxylic acids is 1. The van der Waals surface area contributed by atoms with Crippen LogP contribution in [0.15, 0.2) is 0 Å². The number of nitrogens with one attached hydrogen (secondary N) is 1. The second-order valence-electron chi connectivity index (χ2n) is 6.82. The minimum atomic E-state index is -1.67. The second-order valence-corrected chi connectivity index (χ2v) is 6.82. The van der Waals surface area contributed by atoms with Crippen molar-refractivity contribution < 1.29 is 49.6 Å². The molecule has 11 nitrogen and oxygen atoms in total. The zero-order chi connectivity index (χ0) is 20.3. The summed E-state index contributed by atoms with van der Waals surface area (Å²) in [7, 11) is 0. The Kier molecular flexibility index (Phi) is 7.92. The first-order chi connectivity index (χ1) is 12.7. The minimum Gasteiger partial charge on any atom is -0.394 e. The summed E-state index contributed by atoms with van der Waals surface area (Å²) in [6.07, 6.45) is -11.2. The average molecular weight is 395 g/mol. The predicted octanol–water partition coefficient (Wildman–Crippen LogP) is -3.79. The molecule has 1 amide bonds. The number of rotatable bonds is 6. The van der Waals surface area contributed by atoms with Crippen LogP contribution >= 0.6 is 0 Å². The molecule has 2 rings (SSSR count). The summed E-state index contributed by atoms with van der Waals surface area (Å²) < 4.78 is 16.6. The highest BCUT2D eigenvalue weighted by Gasteiger charge is 2.50. The van der Waals surface area contributed by atoms with E-state index in [0.29, 0.717) is 6.42 Å². The van der Waals surface area contributed by atoms with E-state index in [2.05, 4.69) is 5.32 Å². The Bertz CT molecular complexity index is 492. The molecule has 11 heteroatoms. The van der Waals surface area contributed by atoms with Crippen LogP contribution in [0.3, 0.4) is 0 Å². The number of aliphatic hydroxyl groups is 6. The summed E-state index contributed by atoms with van der Waals surface area (Å²) in [5.74, 6) is -0.393. The fourth-order valence-corrected chi connectivity index (χ4v) is 3.44. The maximum absolute atomic E-state index is 11.5. The third-order valence-corrected chi connectivity index (χ3v) is 4.91. The van der Waals surface area contributed by atoms with Crippen molar-refractivity contribution in [3.05, 3.63) is 0 Å².